The minimum Gasteiger partial charge on any atom is -0.455 e. The van der Waals surface area contributed by atoms with Gasteiger partial charge in [-0.2, -0.15) is 0 Å². The Labute approximate surface area is 368 Å². The lowest BCUT2D eigenvalue weighted by Crippen LogP contribution is -2.18. The second kappa shape index (κ2) is 17.2. The van der Waals surface area contributed by atoms with Crippen LogP contribution in [0.15, 0.2) is 242 Å². The van der Waals surface area contributed by atoms with Gasteiger partial charge in [-0.1, -0.05) is 190 Å². The maximum atomic E-state index is 6.47. The van der Waals surface area contributed by atoms with Crippen LogP contribution in [-0.4, -0.2) is 4.98 Å². The van der Waals surface area contributed by atoms with E-state index in [0.717, 1.165) is 84.1 Å². The third-order valence-corrected chi connectivity index (χ3v) is 12.0. The van der Waals surface area contributed by atoms with Gasteiger partial charge in [-0.15, -0.1) is 0 Å². The molecule has 2 aromatic heterocycles. The van der Waals surface area contributed by atoms with Gasteiger partial charge in [0.05, 0.1) is 11.2 Å². The van der Waals surface area contributed by atoms with Crippen LogP contribution in [-0.2, 0) is 0 Å². The normalized spacial score (nSPS) is 12.9. The number of nitrogens with zero attached hydrogens (tertiary/aromatic N) is 2. The van der Waals surface area contributed by atoms with Gasteiger partial charge in [-0.25, -0.2) is 4.98 Å². The third kappa shape index (κ3) is 7.55. The van der Waals surface area contributed by atoms with E-state index in [1.165, 1.54) is 26.9 Å². The summed E-state index contributed by atoms with van der Waals surface area (Å²) < 4.78 is 6.47. The Morgan fingerprint density at radius 2 is 1.19 bits per heavy atom. The van der Waals surface area contributed by atoms with Crippen molar-refractivity contribution >= 4 is 76.5 Å². The van der Waals surface area contributed by atoms with Crippen molar-refractivity contribution in [2.45, 2.75) is 13.3 Å². The van der Waals surface area contributed by atoms with Gasteiger partial charge in [0.25, 0.3) is 0 Å². The van der Waals surface area contributed by atoms with Crippen LogP contribution in [0, 0.1) is 5.92 Å². The summed E-state index contributed by atoms with van der Waals surface area (Å²) in [7, 11) is 0. The number of allylic oxidation sites excluding steroid dienone is 10. The second-order valence-corrected chi connectivity index (χ2v) is 16.1. The largest absolute Gasteiger partial charge is 0.455 e. The van der Waals surface area contributed by atoms with Crippen molar-refractivity contribution in [2.24, 2.45) is 5.92 Å². The first-order valence-corrected chi connectivity index (χ1v) is 21.6. The molecule has 3 heteroatoms. The molecule has 0 bridgehead atoms. The molecule has 1 unspecified atom stereocenters. The molecule has 0 fully saturated rings. The quantitative estimate of drug-likeness (QED) is 0.0909. The number of rotatable bonds is 12. The van der Waals surface area contributed by atoms with Crippen LogP contribution in [0.3, 0.4) is 0 Å². The number of fused-ring (bicyclic) bond motifs is 9. The van der Waals surface area contributed by atoms with Crippen molar-refractivity contribution < 1.29 is 4.42 Å². The molecule has 0 aliphatic carbocycles. The smallest absolute Gasteiger partial charge is 0.143 e. The van der Waals surface area contributed by atoms with Crippen molar-refractivity contribution in [1.82, 2.24) is 4.98 Å². The van der Waals surface area contributed by atoms with Gasteiger partial charge < -0.3 is 9.32 Å². The molecule has 0 N–H and O–H groups in total. The van der Waals surface area contributed by atoms with Crippen LogP contribution in [0.2, 0.25) is 0 Å². The highest BCUT2D eigenvalue weighted by molar-refractivity contribution is 6.14. The number of aromatic nitrogens is 1. The highest BCUT2D eigenvalue weighted by Crippen LogP contribution is 2.41. The average Bonchev–Trinajstić information content (AvgIpc) is 3.72. The summed E-state index contributed by atoms with van der Waals surface area (Å²) in [5.41, 5.74) is 10.3. The molecule has 0 radical (unpaired) electrons. The summed E-state index contributed by atoms with van der Waals surface area (Å²) in [5.74, 6) is 0.239. The number of para-hydroxylation sites is 3. The Balaban J connectivity index is 1.13. The molecule has 1 atom stereocenters. The first-order valence-electron chi connectivity index (χ1n) is 21.6. The van der Waals surface area contributed by atoms with Gasteiger partial charge in [0.1, 0.15) is 11.2 Å². The number of furan rings is 1. The van der Waals surface area contributed by atoms with Crippen molar-refractivity contribution in [2.75, 3.05) is 4.90 Å². The fourth-order valence-corrected chi connectivity index (χ4v) is 8.97. The van der Waals surface area contributed by atoms with Crippen molar-refractivity contribution in [3.63, 3.8) is 0 Å². The molecule has 302 valence electrons. The molecule has 63 heavy (non-hydrogen) atoms. The van der Waals surface area contributed by atoms with Crippen LogP contribution in [0.25, 0.3) is 87.5 Å². The first kappa shape index (κ1) is 39.1. The standard InChI is InChI=1S/C60H46N2O/c1-4-6-8-10-18-41(3)38-47(19-9-7-5-2)62(46-35-32-42(33-36-46)49-24-17-25-54-52-22-14-16-27-58(52)63-60(49)54)48-37-34-44-29-28-43-30-31-45(39-55(43)56(44)40-48)59-53-23-12-11-20-50(53)51-21-13-15-26-57(51)61-59/h4-37,39-41H,1-2,38H2,3H3/b8-6-,9-7-,18-10-,47-19+. The molecular formula is C60H46N2O. The summed E-state index contributed by atoms with van der Waals surface area (Å²) >= 11 is 0. The summed E-state index contributed by atoms with van der Waals surface area (Å²) in [6.07, 6.45) is 19.0. The zero-order valence-electron chi connectivity index (χ0n) is 35.3. The first-order chi connectivity index (χ1) is 31.1. The van der Waals surface area contributed by atoms with Crippen molar-refractivity contribution in [1.29, 1.82) is 0 Å². The highest BCUT2D eigenvalue weighted by atomic mass is 16.3. The molecule has 8 aromatic carbocycles. The molecule has 0 saturated heterocycles. The van der Waals surface area contributed by atoms with Crippen LogP contribution in [0.4, 0.5) is 11.4 Å². The monoisotopic (exact) mass is 810 g/mol. The van der Waals surface area contributed by atoms with E-state index >= 15 is 0 Å². The van der Waals surface area contributed by atoms with Crippen molar-refractivity contribution in [3.05, 3.63) is 237 Å². The van der Waals surface area contributed by atoms with E-state index in [1.807, 2.05) is 36.4 Å². The Morgan fingerprint density at radius 3 is 2.00 bits per heavy atom. The van der Waals surface area contributed by atoms with Crippen LogP contribution < -0.4 is 4.90 Å². The predicted octanol–water partition coefficient (Wildman–Crippen LogP) is 17.0. The third-order valence-electron chi connectivity index (χ3n) is 12.0. The Bertz CT molecular complexity index is 3490. The van der Waals surface area contributed by atoms with E-state index in [9.17, 15) is 0 Å². The van der Waals surface area contributed by atoms with E-state index in [-0.39, 0.29) is 5.92 Å². The molecule has 0 aliphatic rings. The number of pyridine rings is 1. The van der Waals surface area contributed by atoms with E-state index in [4.69, 9.17) is 9.40 Å². The number of anilines is 2. The fourth-order valence-electron chi connectivity index (χ4n) is 8.97. The van der Waals surface area contributed by atoms with Gasteiger partial charge in [-0.3, -0.25) is 0 Å². The van der Waals surface area contributed by atoms with Crippen molar-refractivity contribution in [3.8, 4) is 22.4 Å². The Morgan fingerprint density at radius 1 is 0.556 bits per heavy atom. The highest BCUT2D eigenvalue weighted by Gasteiger charge is 2.20. The lowest BCUT2D eigenvalue weighted by Gasteiger charge is -2.30. The molecule has 0 saturated carbocycles. The molecule has 3 nitrogen and oxygen atoms in total. The minimum absolute atomic E-state index is 0.239. The molecule has 0 spiro atoms. The van der Waals surface area contributed by atoms with Gasteiger partial charge in [0, 0.05) is 49.7 Å². The Kier molecular flexibility index (Phi) is 10.7. The average molecular weight is 811 g/mol. The lowest BCUT2D eigenvalue weighted by atomic mass is 9.95. The fraction of sp³-hybridized carbons (Fsp3) is 0.0500. The van der Waals surface area contributed by atoms with E-state index < -0.39 is 0 Å². The summed E-state index contributed by atoms with van der Waals surface area (Å²) in [5, 5.41) is 10.5. The summed E-state index contributed by atoms with van der Waals surface area (Å²) in [6, 6.07) is 58.7. The molecular weight excluding hydrogens is 765 g/mol. The van der Waals surface area contributed by atoms with Gasteiger partial charge in [-0.05, 0) is 93.4 Å². The molecule has 0 aliphatic heterocycles. The van der Waals surface area contributed by atoms with Crippen LogP contribution in [0.1, 0.15) is 13.3 Å². The summed E-state index contributed by atoms with van der Waals surface area (Å²) in [4.78, 5) is 7.68. The second-order valence-electron chi connectivity index (χ2n) is 16.1. The van der Waals surface area contributed by atoms with Crippen LogP contribution >= 0.6 is 0 Å². The number of hydrogen-bond acceptors (Lipinski definition) is 3. The SMILES string of the molecule is C=C/C=C\C=C/C(C)C/C(=C\C=C/C=C)N(c1ccc(-c2cccc3c2oc2ccccc23)cc1)c1ccc2ccc3ccc(-c4nc5ccccc5c5ccccc45)cc3c2c1. The van der Waals surface area contributed by atoms with Crippen LogP contribution in [0.5, 0.6) is 0 Å². The molecule has 0 amide bonds. The van der Waals surface area contributed by atoms with Gasteiger partial charge >= 0.3 is 0 Å². The zero-order chi connectivity index (χ0) is 42.7. The molecule has 2 heterocycles. The van der Waals surface area contributed by atoms with Gasteiger partial charge in [0.2, 0.25) is 0 Å². The maximum absolute atomic E-state index is 6.47. The maximum Gasteiger partial charge on any atom is 0.143 e. The molecule has 10 aromatic rings. The zero-order valence-corrected chi connectivity index (χ0v) is 35.3. The van der Waals surface area contributed by atoms with E-state index in [0.29, 0.717) is 0 Å². The van der Waals surface area contributed by atoms with Gasteiger partial charge in [0.15, 0.2) is 0 Å². The Hall–Kier alpha value is -8.01. The van der Waals surface area contributed by atoms with E-state index in [2.05, 4.69) is 201 Å². The number of hydrogen-bond donors (Lipinski definition) is 0. The summed E-state index contributed by atoms with van der Waals surface area (Å²) in [6.45, 7) is 10.1. The predicted molar refractivity (Wildman–Crippen MR) is 271 cm³/mol. The minimum atomic E-state index is 0.239. The van der Waals surface area contributed by atoms with E-state index in [1.54, 1.807) is 6.08 Å². The lowest BCUT2D eigenvalue weighted by molar-refractivity contribution is 0.670. The topological polar surface area (TPSA) is 29.3 Å². The molecule has 10 rings (SSSR count). The number of benzene rings is 8.